The number of carbonyl (C=O) groups excluding carboxylic acids is 3. The molecule has 2 N–H and O–H groups in total. The number of hydrogen-bond acceptors (Lipinski definition) is 3. The van der Waals surface area contributed by atoms with Crippen LogP contribution in [0.2, 0.25) is 0 Å². The molecule has 3 heterocycles. The number of nitrogens with one attached hydrogen (secondary N) is 2. The Morgan fingerprint density at radius 2 is 2.00 bits per heavy atom. The van der Waals surface area contributed by atoms with Gasteiger partial charge < -0.3 is 9.88 Å². The van der Waals surface area contributed by atoms with Gasteiger partial charge in [0.05, 0.1) is 16.5 Å². The molecule has 0 unspecified atom stereocenters. The smallest absolute Gasteiger partial charge is 0.256 e. The van der Waals surface area contributed by atoms with Crippen molar-refractivity contribution in [3.63, 3.8) is 0 Å². The van der Waals surface area contributed by atoms with Gasteiger partial charge in [-0.1, -0.05) is 12.1 Å². The van der Waals surface area contributed by atoms with Gasteiger partial charge in [-0.25, -0.2) is 0 Å². The van der Waals surface area contributed by atoms with Gasteiger partial charge in [-0.3, -0.25) is 19.7 Å². The van der Waals surface area contributed by atoms with Crippen molar-refractivity contribution in [1.82, 2.24) is 15.2 Å². The van der Waals surface area contributed by atoms with E-state index in [0.717, 1.165) is 23.7 Å². The van der Waals surface area contributed by atoms with E-state index in [4.69, 9.17) is 0 Å². The van der Waals surface area contributed by atoms with Gasteiger partial charge in [0.25, 0.3) is 5.91 Å². The zero-order valence-electron chi connectivity index (χ0n) is 14.6. The number of hydrogen-bond donors (Lipinski definition) is 2. The normalized spacial score (nSPS) is 25.2. The maximum Gasteiger partial charge on any atom is 0.256 e. The number of aromatic nitrogens is 1. The fraction of sp³-hybridized carbons (Fsp3) is 0.450. The summed E-state index contributed by atoms with van der Waals surface area (Å²) in [5, 5.41) is 3.54. The zero-order chi connectivity index (χ0) is 17.9. The first-order chi connectivity index (χ1) is 12.6. The number of fused-ring (bicyclic) bond motifs is 3. The molecule has 0 bridgehead atoms. The number of H-pyrrole nitrogens is 1. The van der Waals surface area contributed by atoms with E-state index in [9.17, 15) is 14.4 Å². The zero-order valence-corrected chi connectivity index (χ0v) is 14.6. The number of aryl methyl sites for hydroxylation is 2. The summed E-state index contributed by atoms with van der Waals surface area (Å²) >= 11 is 0. The fourth-order valence-electron chi connectivity index (χ4n) is 4.84. The second-order valence-electron chi connectivity index (χ2n) is 7.83. The molecule has 1 aromatic carbocycles. The van der Waals surface area contributed by atoms with Crippen molar-refractivity contribution in [3.05, 3.63) is 35.0 Å². The molecular formula is C20H21N3O3. The summed E-state index contributed by atoms with van der Waals surface area (Å²) in [6.45, 7) is 0.830. The Hall–Kier alpha value is -2.63. The van der Waals surface area contributed by atoms with Gasteiger partial charge in [0.15, 0.2) is 0 Å². The van der Waals surface area contributed by atoms with Gasteiger partial charge in [0, 0.05) is 30.6 Å². The van der Waals surface area contributed by atoms with Crippen molar-refractivity contribution in [3.8, 4) is 0 Å². The number of carbonyl (C=O) groups is 3. The van der Waals surface area contributed by atoms with Crippen LogP contribution in [0.15, 0.2) is 18.2 Å². The van der Waals surface area contributed by atoms with Gasteiger partial charge in [-0.2, -0.15) is 0 Å². The lowest BCUT2D eigenvalue weighted by Crippen LogP contribution is -2.36. The molecule has 1 aliphatic carbocycles. The molecule has 26 heavy (non-hydrogen) atoms. The molecule has 1 aromatic heterocycles. The van der Waals surface area contributed by atoms with E-state index in [-0.39, 0.29) is 24.1 Å². The van der Waals surface area contributed by atoms with Crippen molar-refractivity contribution in [1.29, 1.82) is 0 Å². The minimum absolute atomic E-state index is 0.0572. The summed E-state index contributed by atoms with van der Waals surface area (Å²) in [6, 6.07) is 5.88. The number of amides is 3. The number of imide groups is 1. The lowest BCUT2D eigenvalue weighted by molar-refractivity contribution is -0.128. The third-order valence-electron chi connectivity index (χ3n) is 6.24. The first-order valence-electron chi connectivity index (χ1n) is 9.33. The highest BCUT2D eigenvalue weighted by molar-refractivity contribution is 6.09. The number of para-hydroxylation sites is 1. The maximum absolute atomic E-state index is 13.2. The lowest BCUT2D eigenvalue weighted by Gasteiger charge is -2.20. The van der Waals surface area contributed by atoms with Crippen LogP contribution in [-0.2, 0) is 22.4 Å². The average Bonchev–Trinajstić information content (AvgIpc) is 3.30. The molecule has 6 nitrogen and oxygen atoms in total. The summed E-state index contributed by atoms with van der Waals surface area (Å²) in [5.41, 5.74) is 3.45. The van der Waals surface area contributed by atoms with E-state index < -0.39 is 5.41 Å². The Labute approximate surface area is 150 Å². The van der Waals surface area contributed by atoms with Crippen LogP contribution < -0.4 is 5.32 Å². The third kappa shape index (κ3) is 2.14. The SMILES string of the molecule is O=C1C[C@@]2(CCN(C(=O)c3cccc4c5c([nH]c34)CCCC5)C2)C(=O)N1. The fourth-order valence-corrected chi connectivity index (χ4v) is 4.84. The summed E-state index contributed by atoms with van der Waals surface area (Å²) in [4.78, 5) is 42.2. The molecule has 0 radical (unpaired) electrons. The van der Waals surface area contributed by atoms with E-state index in [2.05, 4.69) is 16.4 Å². The van der Waals surface area contributed by atoms with E-state index in [1.165, 1.54) is 24.1 Å². The first kappa shape index (κ1) is 15.6. The third-order valence-corrected chi connectivity index (χ3v) is 6.24. The van der Waals surface area contributed by atoms with Crippen LogP contribution in [0, 0.1) is 5.41 Å². The van der Waals surface area contributed by atoms with Crippen LogP contribution in [0.25, 0.3) is 10.9 Å². The van der Waals surface area contributed by atoms with E-state index >= 15 is 0 Å². The topological polar surface area (TPSA) is 82.3 Å². The molecule has 2 aliphatic heterocycles. The first-order valence-corrected chi connectivity index (χ1v) is 9.33. The van der Waals surface area contributed by atoms with E-state index in [1.807, 2.05) is 12.1 Å². The summed E-state index contributed by atoms with van der Waals surface area (Å²) in [7, 11) is 0. The molecular weight excluding hydrogens is 330 g/mol. The molecule has 2 fully saturated rings. The number of likely N-dealkylation sites (tertiary alicyclic amines) is 1. The van der Waals surface area contributed by atoms with Crippen LogP contribution in [0.1, 0.15) is 47.3 Å². The highest BCUT2D eigenvalue weighted by Gasteiger charge is 2.51. The quantitative estimate of drug-likeness (QED) is 0.770. The van der Waals surface area contributed by atoms with Gasteiger partial charge in [-0.15, -0.1) is 0 Å². The highest BCUT2D eigenvalue weighted by Crippen LogP contribution is 2.39. The summed E-state index contributed by atoms with van der Waals surface area (Å²) in [5.74, 6) is -0.520. The van der Waals surface area contributed by atoms with Crippen molar-refractivity contribution >= 4 is 28.6 Å². The van der Waals surface area contributed by atoms with E-state index in [1.54, 1.807) is 4.90 Å². The Balaban J connectivity index is 1.49. The van der Waals surface area contributed by atoms with Gasteiger partial charge in [-0.05, 0) is 43.7 Å². The summed E-state index contributed by atoms with van der Waals surface area (Å²) in [6.07, 6.45) is 5.20. The molecule has 3 aliphatic rings. The molecule has 134 valence electrons. The second kappa shape index (κ2) is 5.43. The minimum atomic E-state index is -0.727. The molecule has 6 heteroatoms. The van der Waals surface area contributed by atoms with Crippen LogP contribution >= 0.6 is 0 Å². The monoisotopic (exact) mass is 351 g/mol. The largest absolute Gasteiger partial charge is 0.358 e. The number of benzene rings is 1. The molecule has 2 aromatic rings. The summed E-state index contributed by atoms with van der Waals surface area (Å²) < 4.78 is 0. The van der Waals surface area contributed by atoms with Crippen LogP contribution in [0.5, 0.6) is 0 Å². The molecule has 0 saturated carbocycles. The van der Waals surface area contributed by atoms with Crippen molar-refractivity contribution in [2.75, 3.05) is 13.1 Å². The Kier molecular flexibility index (Phi) is 3.26. The Bertz CT molecular complexity index is 961. The highest BCUT2D eigenvalue weighted by atomic mass is 16.2. The second-order valence-corrected chi connectivity index (χ2v) is 7.83. The average molecular weight is 351 g/mol. The van der Waals surface area contributed by atoms with Crippen molar-refractivity contribution in [2.24, 2.45) is 5.41 Å². The lowest BCUT2D eigenvalue weighted by atomic mass is 9.85. The minimum Gasteiger partial charge on any atom is -0.358 e. The molecule has 1 spiro atoms. The van der Waals surface area contributed by atoms with Crippen molar-refractivity contribution < 1.29 is 14.4 Å². The van der Waals surface area contributed by atoms with E-state index in [0.29, 0.717) is 25.1 Å². The number of nitrogens with zero attached hydrogens (tertiary/aromatic N) is 1. The standard InChI is InChI=1S/C20H21N3O3/c24-16-10-20(19(26)22-16)8-9-23(11-20)18(25)14-6-3-5-13-12-4-1-2-7-15(12)21-17(13)14/h3,5-6,21H,1-2,4,7-11H2,(H,22,24,26)/t20-/m1/s1. The molecule has 5 rings (SSSR count). The van der Waals surface area contributed by atoms with Crippen LogP contribution in [-0.4, -0.2) is 40.7 Å². The Morgan fingerprint density at radius 3 is 2.81 bits per heavy atom. The number of aromatic amines is 1. The molecule has 2 saturated heterocycles. The van der Waals surface area contributed by atoms with Gasteiger partial charge >= 0.3 is 0 Å². The predicted molar refractivity (Wildman–Crippen MR) is 95.7 cm³/mol. The van der Waals surface area contributed by atoms with Gasteiger partial charge in [0.2, 0.25) is 11.8 Å². The van der Waals surface area contributed by atoms with Gasteiger partial charge in [0.1, 0.15) is 0 Å². The molecule has 3 amide bonds. The predicted octanol–water partition coefficient (Wildman–Crippen LogP) is 1.93. The van der Waals surface area contributed by atoms with Crippen LogP contribution in [0.4, 0.5) is 0 Å². The van der Waals surface area contributed by atoms with Crippen LogP contribution in [0.3, 0.4) is 0 Å². The Morgan fingerprint density at radius 1 is 1.15 bits per heavy atom. The van der Waals surface area contributed by atoms with Crippen molar-refractivity contribution in [2.45, 2.75) is 38.5 Å². The maximum atomic E-state index is 13.2. The molecule has 1 atom stereocenters. The number of rotatable bonds is 1.